The summed E-state index contributed by atoms with van der Waals surface area (Å²) < 4.78 is 8.28. The van der Waals surface area contributed by atoms with E-state index in [2.05, 4.69) is 71.7 Å². The minimum absolute atomic E-state index is 0.138. The maximum atomic E-state index is 13.3. The fraction of sp³-hybridized carbons (Fsp3) is 0.533. The number of rotatable bonds is 2. The number of aryl methyl sites for hydroxylation is 2. The van der Waals surface area contributed by atoms with Crippen LogP contribution in [0.3, 0.4) is 0 Å². The second-order valence-electron chi connectivity index (χ2n) is 12.1. The number of piperidine rings is 1. The van der Waals surface area contributed by atoms with Crippen molar-refractivity contribution in [1.29, 1.82) is 0 Å². The second kappa shape index (κ2) is 10.4. The van der Waals surface area contributed by atoms with E-state index in [4.69, 9.17) is 21.3 Å². The van der Waals surface area contributed by atoms with Crippen molar-refractivity contribution in [1.82, 2.24) is 9.88 Å². The van der Waals surface area contributed by atoms with Gasteiger partial charge in [0.05, 0.1) is 16.9 Å². The van der Waals surface area contributed by atoms with E-state index in [1.54, 1.807) is 0 Å². The van der Waals surface area contributed by atoms with E-state index in [0.717, 1.165) is 65.6 Å². The Labute approximate surface area is 242 Å². The number of hydrogen-bond donors (Lipinski definition) is 0. The van der Waals surface area contributed by atoms with Crippen molar-refractivity contribution in [2.75, 3.05) is 13.1 Å². The van der Waals surface area contributed by atoms with Crippen molar-refractivity contribution in [3.05, 3.63) is 72.4 Å². The number of carbonyl (C=O) groups is 1. The molecular weight excluding hydrogens is 616 g/mol. The number of nitrogens with zero attached hydrogens (tertiary/aromatic N) is 2. The molecule has 37 heavy (non-hydrogen) atoms. The van der Waals surface area contributed by atoms with Crippen LogP contribution in [0.5, 0.6) is 0 Å². The Hall–Kier alpha value is -1.21. The largest absolute Gasteiger partial charge is 0.369 e. The Bertz CT molecular complexity index is 1230. The SMILES string of the molecule is CC1(C)CC(=CC(=O)N2CCC([C@H]3c4ncc(Br)cc4CCc4cc(Cl)cc(Br)c43)CC2)CC(C)(C)O1. The smallest absolute Gasteiger partial charge is 0.246 e. The number of benzene rings is 1. The van der Waals surface area contributed by atoms with Crippen LogP contribution in [0, 0.1) is 5.92 Å². The van der Waals surface area contributed by atoms with Crippen LogP contribution < -0.4 is 0 Å². The van der Waals surface area contributed by atoms with Crippen molar-refractivity contribution in [2.45, 2.75) is 83.3 Å². The molecule has 0 bridgehead atoms. The molecular formula is C30H35Br2ClN2O2. The third kappa shape index (κ3) is 6.03. The fourth-order valence-electron chi connectivity index (χ4n) is 6.83. The van der Waals surface area contributed by atoms with Crippen LogP contribution in [0.15, 0.2) is 45.0 Å². The lowest BCUT2D eigenvalue weighted by Crippen LogP contribution is -2.43. The Kier molecular flexibility index (Phi) is 7.69. The summed E-state index contributed by atoms with van der Waals surface area (Å²) in [5, 5.41) is 0.761. The monoisotopic (exact) mass is 648 g/mol. The summed E-state index contributed by atoms with van der Waals surface area (Å²) in [4.78, 5) is 20.3. The number of amides is 1. The molecule has 3 heterocycles. The predicted octanol–water partition coefficient (Wildman–Crippen LogP) is 8.02. The van der Waals surface area contributed by atoms with Gasteiger partial charge in [-0.2, -0.15) is 0 Å². The van der Waals surface area contributed by atoms with E-state index >= 15 is 0 Å². The highest BCUT2D eigenvalue weighted by Gasteiger charge is 2.38. The van der Waals surface area contributed by atoms with E-state index in [-0.39, 0.29) is 23.0 Å². The molecule has 5 rings (SSSR count). The molecule has 1 aromatic carbocycles. The van der Waals surface area contributed by atoms with Crippen molar-refractivity contribution in [3.63, 3.8) is 0 Å². The summed E-state index contributed by atoms with van der Waals surface area (Å²) in [7, 11) is 0. The summed E-state index contributed by atoms with van der Waals surface area (Å²) in [6.07, 6.45) is 9.19. The Morgan fingerprint density at radius 3 is 2.38 bits per heavy atom. The minimum atomic E-state index is -0.251. The Morgan fingerprint density at radius 2 is 1.70 bits per heavy atom. The average Bonchev–Trinajstić information content (AvgIpc) is 2.94. The molecule has 0 unspecified atom stereocenters. The van der Waals surface area contributed by atoms with Crippen molar-refractivity contribution in [2.24, 2.45) is 5.92 Å². The van der Waals surface area contributed by atoms with E-state index in [1.165, 1.54) is 28.0 Å². The Balaban J connectivity index is 1.38. The first-order chi connectivity index (χ1) is 17.4. The zero-order valence-corrected chi connectivity index (χ0v) is 26.0. The molecule has 0 N–H and O–H groups in total. The standard InChI is InChI=1S/C30H35Br2ClN2O2/c1-29(2)15-18(16-30(3,4)37-29)11-25(36)35-9-7-19(8-10-35)27-26-20(13-23(33)14-24(26)32)5-6-21-12-22(31)17-34-28(21)27/h11-14,17,19,27H,5-10,15-16H2,1-4H3/t27-/m1/s1. The van der Waals surface area contributed by atoms with E-state index in [9.17, 15) is 4.79 Å². The molecule has 0 radical (unpaired) electrons. The quantitative estimate of drug-likeness (QED) is 0.309. The third-order valence-electron chi connectivity index (χ3n) is 7.93. The number of halogens is 3. The highest BCUT2D eigenvalue weighted by molar-refractivity contribution is 9.10. The van der Waals surface area contributed by atoms with Crippen LogP contribution >= 0.6 is 43.5 Å². The van der Waals surface area contributed by atoms with Crippen molar-refractivity contribution >= 4 is 49.4 Å². The molecule has 2 aliphatic heterocycles. The van der Waals surface area contributed by atoms with E-state index < -0.39 is 0 Å². The molecule has 0 spiro atoms. The zero-order chi connectivity index (χ0) is 26.5. The lowest BCUT2D eigenvalue weighted by atomic mass is 9.76. The van der Waals surface area contributed by atoms with Gasteiger partial charge in [-0.05, 0) is 123 Å². The lowest BCUT2D eigenvalue weighted by molar-refractivity contribution is -0.139. The minimum Gasteiger partial charge on any atom is -0.369 e. The highest BCUT2D eigenvalue weighted by atomic mass is 79.9. The normalized spacial score (nSPS) is 23.2. The van der Waals surface area contributed by atoms with E-state index in [1.807, 2.05) is 23.2 Å². The van der Waals surface area contributed by atoms with Gasteiger partial charge in [-0.15, -0.1) is 0 Å². The summed E-state index contributed by atoms with van der Waals surface area (Å²) in [6, 6.07) is 6.36. The summed E-state index contributed by atoms with van der Waals surface area (Å²) >= 11 is 13.9. The first-order valence-electron chi connectivity index (χ1n) is 13.2. The van der Waals surface area contributed by atoms with Crippen LogP contribution in [0.25, 0.3) is 0 Å². The number of carbonyl (C=O) groups excluding carboxylic acids is 1. The molecule has 3 aliphatic rings. The maximum absolute atomic E-state index is 13.3. The number of ether oxygens (including phenoxy) is 1. The molecule has 4 nitrogen and oxygen atoms in total. The first-order valence-corrected chi connectivity index (χ1v) is 15.2. The summed E-state index contributed by atoms with van der Waals surface area (Å²) in [5.74, 6) is 0.720. The van der Waals surface area contributed by atoms with Gasteiger partial charge in [0.15, 0.2) is 0 Å². The molecule has 1 aliphatic carbocycles. The van der Waals surface area contributed by atoms with Crippen LogP contribution in [0.1, 0.15) is 81.7 Å². The molecule has 0 saturated carbocycles. The van der Waals surface area contributed by atoms with E-state index in [0.29, 0.717) is 5.92 Å². The summed E-state index contributed by atoms with van der Waals surface area (Å²) in [5.41, 5.74) is 5.77. The summed E-state index contributed by atoms with van der Waals surface area (Å²) in [6.45, 7) is 9.96. The Morgan fingerprint density at radius 1 is 1.05 bits per heavy atom. The maximum Gasteiger partial charge on any atom is 0.246 e. The van der Waals surface area contributed by atoms with Gasteiger partial charge in [0.1, 0.15) is 0 Å². The molecule has 1 aromatic heterocycles. The number of fused-ring (bicyclic) bond motifs is 2. The molecule has 198 valence electrons. The van der Waals surface area contributed by atoms with Crippen molar-refractivity contribution < 1.29 is 9.53 Å². The number of aromatic nitrogens is 1. The lowest BCUT2D eigenvalue weighted by Gasteiger charge is -2.43. The van der Waals surface area contributed by atoms with Crippen LogP contribution in [0.4, 0.5) is 0 Å². The van der Waals surface area contributed by atoms with Gasteiger partial charge in [0.2, 0.25) is 5.91 Å². The zero-order valence-electron chi connectivity index (χ0n) is 22.0. The highest BCUT2D eigenvalue weighted by Crippen LogP contribution is 2.46. The molecule has 2 aromatic rings. The molecule has 2 saturated heterocycles. The van der Waals surface area contributed by atoms with Gasteiger partial charge in [0, 0.05) is 45.2 Å². The topological polar surface area (TPSA) is 42.4 Å². The van der Waals surface area contributed by atoms with Crippen LogP contribution in [-0.4, -0.2) is 40.1 Å². The molecule has 7 heteroatoms. The van der Waals surface area contributed by atoms with Gasteiger partial charge in [0.25, 0.3) is 0 Å². The average molecular weight is 651 g/mol. The fourth-order valence-corrected chi connectivity index (χ4v) is 8.33. The molecule has 1 atom stereocenters. The van der Waals surface area contributed by atoms with Crippen LogP contribution in [-0.2, 0) is 22.4 Å². The van der Waals surface area contributed by atoms with Gasteiger partial charge in [-0.25, -0.2) is 0 Å². The van der Waals surface area contributed by atoms with Crippen LogP contribution in [0.2, 0.25) is 5.02 Å². The number of pyridine rings is 1. The first kappa shape index (κ1) is 27.4. The molecule has 2 fully saturated rings. The van der Waals surface area contributed by atoms with Gasteiger partial charge in [-0.1, -0.05) is 33.1 Å². The third-order valence-corrected chi connectivity index (χ3v) is 9.23. The molecule has 1 amide bonds. The number of likely N-dealkylation sites (tertiary alicyclic amines) is 1. The second-order valence-corrected chi connectivity index (χ2v) is 14.3. The van der Waals surface area contributed by atoms with Gasteiger partial charge < -0.3 is 9.64 Å². The predicted molar refractivity (Wildman–Crippen MR) is 156 cm³/mol. The van der Waals surface area contributed by atoms with Gasteiger partial charge in [-0.3, -0.25) is 9.78 Å². The van der Waals surface area contributed by atoms with Gasteiger partial charge >= 0.3 is 0 Å². The number of hydrogen-bond acceptors (Lipinski definition) is 3. The van der Waals surface area contributed by atoms with Crippen molar-refractivity contribution in [3.8, 4) is 0 Å².